The van der Waals surface area contributed by atoms with E-state index in [0.717, 1.165) is 43.7 Å². The first-order valence-corrected chi connectivity index (χ1v) is 7.36. The summed E-state index contributed by atoms with van der Waals surface area (Å²) in [5.41, 5.74) is 0.770. The highest BCUT2D eigenvalue weighted by Gasteiger charge is 2.26. The minimum Gasteiger partial charge on any atom is -0.340 e. The molecule has 1 aromatic carbocycles. The van der Waals surface area contributed by atoms with Gasteiger partial charge in [-0.15, -0.1) is 0 Å². The Labute approximate surface area is 124 Å². The molecule has 1 unspecified atom stereocenters. The summed E-state index contributed by atoms with van der Waals surface area (Å²) in [6.07, 6.45) is 2.86. The molecular weight excluding hydrogens is 266 g/mol. The van der Waals surface area contributed by atoms with Crippen LogP contribution in [0.3, 0.4) is 0 Å². The Bertz CT molecular complexity index is 609. The van der Waals surface area contributed by atoms with Crippen molar-refractivity contribution in [1.29, 1.82) is 0 Å². The zero-order chi connectivity index (χ0) is 14.7. The lowest BCUT2D eigenvalue weighted by Crippen LogP contribution is -2.28. The molecule has 110 valence electrons. The van der Waals surface area contributed by atoms with Crippen LogP contribution < -0.4 is 0 Å². The van der Waals surface area contributed by atoms with Crippen molar-refractivity contribution in [2.45, 2.75) is 26.2 Å². The lowest BCUT2D eigenvalue weighted by atomic mass is 10.0. The summed E-state index contributed by atoms with van der Waals surface area (Å²) >= 11 is 0. The Morgan fingerprint density at radius 2 is 2.19 bits per heavy atom. The van der Waals surface area contributed by atoms with Crippen molar-refractivity contribution in [3.63, 3.8) is 0 Å². The molecule has 0 N–H and O–H groups in total. The maximum Gasteiger partial charge on any atom is 0.253 e. The zero-order valence-corrected chi connectivity index (χ0v) is 12.2. The van der Waals surface area contributed by atoms with Crippen LogP contribution in [0.4, 0.5) is 0 Å². The summed E-state index contributed by atoms with van der Waals surface area (Å²) in [6, 6.07) is 9.48. The largest absolute Gasteiger partial charge is 0.340 e. The molecule has 0 bridgehead atoms. The second kappa shape index (κ2) is 6.08. The van der Waals surface area contributed by atoms with Gasteiger partial charge in [-0.2, -0.15) is 4.98 Å². The first-order chi connectivity index (χ1) is 10.2. The van der Waals surface area contributed by atoms with Crippen molar-refractivity contribution >= 4 is 5.91 Å². The highest BCUT2D eigenvalue weighted by Crippen LogP contribution is 2.22. The average molecular weight is 285 g/mol. The fourth-order valence-corrected chi connectivity index (χ4v) is 2.79. The fourth-order valence-electron chi connectivity index (χ4n) is 2.79. The van der Waals surface area contributed by atoms with Gasteiger partial charge in [-0.25, -0.2) is 0 Å². The molecule has 1 fully saturated rings. The molecule has 0 radical (unpaired) electrons. The topological polar surface area (TPSA) is 59.2 Å². The van der Waals surface area contributed by atoms with Crippen LogP contribution >= 0.6 is 0 Å². The first-order valence-electron chi connectivity index (χ1n) is 7.36. The van der Waals surface area contributed by atoms with E-state index in [1.54, 1.807) is 6.92 Å². The normalized spacial score (nSPS) is 18.1. The maximum absolute atomic E-state index is 12.4. The first kappa shape index (κ1) is 13.8. The van der Waals surface area contributed by atoms with Gasteiger partial charge < -0.3 is 9.42 Å². The van der Waals surface area contributed by atoms with Crippen LogP contribution in [0, 0.1) is 12.8 Å². The summed E-state index contributed by atoms with van der Waals surface area (Å²) in [6.45, 7) is 3.46. The molecule has 1 amide bonds. The van der Waals surface area contributed by atoms with Gasteiger partial charge in [0.1, 0.15) is 0 Å². The number of aromatic nitrogens is 2. The van der Waals surface area contributed by atoms with E-state index in [-0.39, 0.29) is 5.91 Å². The van der Waals surface area contributed by atoms with Crippen LogP contribution in [-0.4, -0.2) is 34.0 Å². The van der Waals surface area contributed by atoms with Crippen LogP contribution in [0.1, 0.15) is 34.9 Å². The third-order valence-electron chi connectivity index (χ3n) is 3.94. The third kappa shape index (κ3) is 3.29. The quantitative estimate of drug-likeness (QED) is 0.866. The number of hydrogen-bond acceptors (Lipinski definition) is 4. The highest BCUT2D eigenvalue weighted by atomic mass is 16.5. The standard InChI is InChI=1S/C16H19N3O2/c1-12-17-15(18-21-12)8-7-13-9-10-19(11-13)16(20)14-5-3-2-4-6-14/h2-6,13H,7-11H2,1H3. The van der Waals surface area contributed by atoms with Gasteiger partial charge in [-0.3, -0.25) is 4.79 Å². The molecule has 5 nitrogen and oxygen atoms in total. The van der Waals surface area contributed by atoms with Crippen LogP contribution in [0.15, 0.2) is 34.9 Å². The van der Waals surface area contributed by atoms with Crippen molar-refractivity contribution in [3.8, 4) is 0 Å². The van der Waals surface area contributed by atoms with Gasteiger partial charge in [0.05, 0.1) is 0 Å². The van der Waals surface area contributed by atoms with Gasteiger partial charge in [0.2, 0.25) is 5.89 Å². The molecule has 1 saturated heterocycles. The number of amides is 1. The van der Waals surface area contributed by atoms with Crippen LogP contribution in [0.5, 0.6) is 0 Å². The minimum atomic E-state index is 0.133. The SMILES string of the molecule is Cc1nc(CCC2CCN(C(=O)c3ccccc3)C2)no1. The number of hydrogen-bond donors (Lipinski definition) is 0. The predicted molar refractivity (Wildman–Crippen MR) is 77.8 cm³/mol. The number of likely N-dealkylation sites (tertiary alicyclic amines) is 1. The molecule has 0 aliphatic carbocycles. The fraction of sp³-hybridized carbons (Fsp3) is 0.438. The highest BCUT2D eigenvalue weighted by molar-refractivity contribution is 5.94. The lowest BCUT2D eigenvalue weighted by Gasteiger charge is -2.16. The molecule has 1 aliphatic heterocycles. The van der Waals surface area contributed by atoms with Crippen molar-refractivity contribution in [3.05, 3.63) is 47.6 Å². The molecule has 21 heavy (non-hydrogen) atoms. The molecule has 3 rings (SSSR count). The van der Waals surface area contributed by atoms with Crippen molar-refractivity contribution in [2.75, 3.05) is 13.1 Å². The van der Waals surface area contributed by atoms with Gasteiger partial charge in [0, 0.05) is 32.0 Å². The summed E-state index contributed by atoms with van der Waals surface area (Å²) in [7, 11) is 0. The van der Waals surface area contributed by atoms with E-state index < -0.39 is 0 Å². The Morgan fingerprint density at radius 1 is 1.38 bits per heavy atom. The molecule has 2 aromatic rings. The maximum atomic E-state index is 12.4. The zero-order valence-electron chi connectivity index (χ0n) is 12.2. The van der Waals surface area contributed by atoms with E-state index >= 15 is 0 Å². The molecular formula is C16H19N3O2. The van der Waals surface area contributed by atoms with Gasteiger partial charge in [0.25, 0.3) is 5.91 Å². The van der Waals surface area contributed by atoms with Crippen LogP contribution in [-0.2, 0) is 6.42 Å². The predicted octanol–water partition coefficient (Wildman–Crippen LogP) is 2.47. The van der Waals surface area contributed by atoms with Gasteiger partial charge >= 0.3 is 0 Å². The van der Waals surface area contributed by atoms with Gasteiger partial charge in [-0.1, -0.05) is 23.4 Å². The molecule has 1 atom stereocenters. The number of aryl methyl sites for hydroxylation is 2. The molecule has 1 aromatic heterocycles. The molecule has 1 aliphatic rings. The monoisotopic (exact) mass is 285 g/mol. The van der Waals surface area contributed by atoms with E-state index in [9.17, 15) is 4.79 Å². The van der Waals surface area contributed by atoms with E-state index in [1.165, 1.54) is 0 Å². The molecule has 2 heterocycles. The Kier molecular flexibility index (Phi) is 3.99. The van der Waals surface area contributed by atoms with E-state index in [4.69, 9.17) is 4.52 Å². The molecule has 0 saturated carbocycles. The number of carbonyl (C=O) groups is 1. The number of benzene rings is 1. The Hall–Kier alpha value is -2.17. The molecule has 0 spiro atoms. The Balaban J connectivity index is 1.52. The summed E-state index contributed by atoms with van der Waals surface area (Å²) in [5, 5.41) is 3.91. The lowest BCUT2D eigenvalue weighted by molar-refractivity contribution is 0.0786. The average Bonchev–Trinajstić information content (AvgIpc) is 3.14. The second-order valence-electron chi connectivity index (χ2n) is 5.54. The third-order valence-corrected chi connectivity index (χ3v) is 3.94. The van der Waals surface area contributed by atoms with Crippen molar-refractivity contribution < 1.29 is 9.32 Å². The minimum absolute atomic E-state index is 0.133. The smallest absolute Gasteiger partial charge is 0.253 e. The van der Waals surface area contributed by atoms with Gasteiger partial charge in [-0.05, 0) is 30.9 Å². The number of nitrogens with zero attached hydrogens (tertiary/aromatic N) is 3. The van der Waals surface area contributed by atoms with E-state index in [2.05, 4.69) is 10.1 Å². The summed E-state index contributed by atoms with van der Waals surface area (Å²) in [5.74, 6) is 2.03. The van der Waals surface area contributed by atoms with E-state index in [1.807, 2.05) is 35.2 Å². The van der Waals surface area contributed by atoms with E-state index in [0.29, 0.717) is 11.8 Å². The summed E-state index contributed by atoms with van der Waals surface area (Å²) < 4.78 is 4.97. The van der Waals surface area contributed by atoms with Crippen LogP contribution in [0.25, 0.3) is 0 Å². The number of carbonyl (C=O) groups excluding carboxylic acids is 1. The molecule has 5 heteroatoms. The van der Waals surface area contributed by atoms with Crippen molar-refractivity contribution in [2.24, 2.45) is 5.92 Å². The summed E-state index contributed by atoms with van der Waals surface area (Å²) in [4.78, 5) is 18.5. The Morgan fingerprint density at radius 3 is 2.90 bits per heavy atom. The number of rotatable bonds is 4. The van der Waals surface area contributed by atoms with Crippen molar-refractivity contribution in [1.82, 2.24) is 15.0 Å². The second-order valence-corrected chi connectivity index (χ2v) is 5.54. The van der Waals surface area contributed by atoms with Gasteiger partial charge in [0.15, 0.2) is 5.82 Å². The van der Waals surface area contributed by atoms with Crippen LogP contribution in [0.2, 0.25) is 0 Å².